The molecule has 0 aliphatic heterocycles. The molecule has 5 heteroatoms. The summed E-state index contributed by atoms with van der Waals surface area (Å²) in [6, 6.07) is 9.02. The molecule has 1 aliphatic rings. The van der Waals surface area contributed by atoms with Gasteiger partial charge in [-0.2, -0.15) is 5.26 Å². The molecule has 0 spiro atoms. The van der Waals surface area contributed by atoms with Crippen molar-refractivity contribution in [3.8, 4) is 6.07 Å². The van der Waals surface area contributed by atoms with Gasteiger partial charge in [0.15, 0.2) is 0 Å². The highest BCUT2D eigenvalue weighted by Crippen LogP contribution is 2.58. The summed E-state index contributed by atoms with van der Waals surface area (Å²) in [6.07, 6.45) is 0.324. The van der Waals surface area contributed by atoms with Crippen molar-refractivity contribution in [2.45, 2.75) is 20.3 Å². The van der Waals surface area contributed by atoms with Gasteiger partial charge in [0.1, 0.15) is 0 Å². The molecule has 2 unspecified atom stereocenters. The Hall–Kier alpha value is -2.35. The molecule has 2 rings (SSSR count). The first-order valence-electron chi connectivity index (χ1n) is 6.37. The van der Waals surface area contributed by atoms with Gasteiger partial charge in [-0.05, 0) is 23.1 Å². The lowest BCUT2D eigenvalue weighted by molar-refractivity contribution is -0.140. The van der Waals surface area contributed by atoms with Gasteiger partial charge in [0.05, 0.1) is 24.3 Å². The second kappa shape index (κ2) is 4.97. The fourth-order valence-corrected chi connectivity index (χ4v) is 2.61. The highest BCUT2D eigenvalue weighted by molar-refractivity contribution is 5.99. The lowest BCUT2D eigenvalue weighted by Crippen LogP contribution is -2.17. The number of amides is 1. The molecule has 1 amide bonds. The molecule has 0 bridgehead atoms. The van der Waals surface area contributed by atoms with Crippen LogP contribution >= 0.6 is 0 Å². The van der Waals surface area contributed by atoms with Gasteiger partial charge < -0.3 is 10.4 Å². The summed E-state index contributed by atoms with van der Waals surface area (Å²) < 4.78 is 0. The number of nitrogens with zero attached hydrogens (tertiary/aromatic N) is 1. The smallest absolute Gasteiger partial charge is 0.307 e. The van der Waals surface area contributed by atoms with Gasteiger partial charge in [-0.15, -0.1) is 0 Å². The number of carboxylic acids is 1. The van der Waals surface area contributed by atoms with Crippen LogP contribution in [0.5, 0.6) is 0 Å². The SMILES string of the molecule is CC1(C)C(C(=O)O)C1C(=O)Nc1ccc(CC#N)cc1. The molecule has 1 saturated carbocycles. The van der Waals surface area contributed by atoms with Crippen LogP contribution in [0.4, 0.5) is 5.69 Å². The van der Waals surface area contributed by atoms with Crippen LogP contribution in [-0.4, -0.2) is 17.0 Å². The van der Waals surface area contributed by atoms with E-state index >= 15 is 0 Å². The Balaban J connectivity index is 2.03. The summed E-state index contributed by atoms with van der Waals surface area (Å²) >= 11 is 0. The highest BCUT2D eigenvalue weighted by Gasteiger charge is 2.65. The fraction of sp³-hybridized carbons (Fsp3) is 0.400. The molecule has 0 aromatic heterocycles. The molecule has 20 heavy (non-hydrogen) atoms. The number of hydrogen-bond acceptors (Lipinski definition) is 3. The third-order valence-corrected chi connectivity index (χ3v) is 3.88. The van der Waals surface area contributed by atoms with E-state index in [1.165, 1.54) is 0 Å². The van der Waals surface area contributed by atoms with Gasteiger partial charge in [-0.3, -0.25) is 9.59 Å². The first-order chi connectivity index (χ1) is 9.37. The monoisotopic (exact) mass is 272 g/mol. The van der Waals surface area contributed by atoms with Crippen molar-refractivity contribution >= 4 is 17.6 Å². The number of hydrogen-bond donors (Lipinski definition) is 2. The summed E-state index contributed by atoms with van der Waals surface area (Å²) in [7, 11) is 0. The maximum atomic E-state index is 12.1. The Kier molecular flexibility index (Phi) is 3.49. The van der Waals surface area contributed by atoms with Gasteiger partial charge in [0.2, 0.25) is 5.91 Å². The summed E-state index contributed by atoms with van der Waals surface area (Å²) in [6.45, 7) is 3.57. The number of rotatable bonds is 4. The van der Waals surface area contributed by atoms with E-state index in [1.54, 1.807) is 38.1 Å². The Labute approximate surface area is 117 Å². The zero-order chi connectivity index (χ0) is 14.9. The Morgan fingerprint density at radius 1 is 1.30 bits per heavy atom. The van der Waals surface area contributed by atoms with E-state index in [9.17, 15) is 9.59 Å². The standard InChI is InChI=1S/C15H16N2O3/c1-15(2)11(12(15)14(19)20)13(18)17-10-5-3-9(4-6-10)7-8-16/h3-6,11-12H,7H2,1-2H3,(H,17,18)(H,19,20). The average Bonchev–Trinajstić information content (AvgIpc) is 2.95. The predicted molar refractivity (Wildman–Crippen MR) is 72.8 cm³/mol. The zero-order valence-electron chi connectivity index (χ0n) is 11.4. The number of carbonyl (C=O) groups is 2. The molecule has 0 saturated heterocycles. The number of aliphatic carboxylic acids is 1. The summed E-state index contributed by atoms with van der Waals surface area (Å²) in [4.78, 5) is 23.1. The summed E-state index contributed by atoms with van der Waals surface area (Å²) in [5.41, 5.74) is 0.987. The molecule has 104 valence electrons. The van der Waals surface area contributed by atoms with Crippen molar-refractivity contribution in [1.29, 1.82) is 5.26 Å². The molecule has 0 heterocycles. The third-order valence-electron chi connectivity index (χ3n) is 3.88. The van der Waals surface area contributed by atoms with Crippen LogP contribution in [-0.2, 0) is 16.0 Å². The second-order valence-electron chi connectivity index (χ2n) is 5.64. The van der Waals surface area contributed by atoms with E-state index in [1.807, 2.05) is 6.07 Å². The van der Waals surface area contributed by atoms with Crippen molar-refractivity contribution in [3.63, 3.8) is 0 Å². The molecule has 2 N–H and O–H groups in total. The molecule has 1 fully saturated rings. The average molecular weight is 272 g/mol. The Morgan fingerprint density at radius 2 is 1.90 bits per heavy atom. The van der Waals surface area contributed by atoms with E-state index in [4.69, 9.17) is 10.4 Å². The lowest BCUT2D eigenvalue weighted by Gasteiger charge is -2.06. The topological polar surface area (TPSA) is 90.2 Å². The number of nitrogens with one attached hydrogen (secondary N) is 1. The van der Waals surface area contributed by atoms with Crippen LogP contribution < -0.4 is 5.32 Å². The third kappa shape index (κ3) is 2.50. The Bertz CT molecular complexity index is 584. The van der Waals surface area contributed by atoms with E-state index < -0.39 is 23.2 Å². The number of carbonyl (C=O) groups excluding carboxylic acids is 1. The minimum absolute atomic E-state index is 0.268. The van der Waals surface area contributed by atoms with E-state index in [0.717, 1.165) is 5.56 Å². The van der Waals surface area contributed by atoms with Gasteiger partial charge >= 0.3 is 5.97 Å². The summed E-state index contributed by atoms with van der Waals surface area (Å²) in [5.74, 6) is -2.32. The van der Waals surface area contributed by atoms with Crippen LogP contribution in [0, 0.1) is 28.6 Å². The maximum absolute atomic E-state index is 12.1. The minimum atomic E-state index is -0.931. The number of benzene rings is 1. The van der Waals surface area contributed by atoms with E-state index in [0.29, 0.717) is 12.1 Å². The van der Waals surface area contributed by atoms with E-state index in [2.05, 4.69) is 5.32 Å². The normalized spacial score (nSPS) is 22.6. The number of anilines is 1. The number of nitriles is 1. The van der Waals surface area contributed by atoms with Gasteiger partial charge in [0, 0.05) is 5.69 Å². The summed E-state index contributed by atoms with van der Waals surface area (Å²) in [5, 5.41) is 20.4. The molecule has 5 nitrogen and oxygen atoms in total. The number of carboxylic acid groups (broad SMARTS) is 1. The van der Waals surface area contributed by atoms with Crippen molar-refractivity contribution in [2.75, 3.05) is 5.32 Å². The molecule has 1 aliphatic carbocycles. The van der Waals surface area contributed by atoms with Crippen LogP contribution in [0.15, 0.2) is 24.3 Å². The van der Waals surface area contributed by atoms with Crippen LogP contribution in [0.3, 0.4) is 0 Å². The Morgan fingerprint density at radius 3 is 2.35 bits per heavy atom. The van der Waals surface area contributed by atoms with Gasteiger partial charge in [-0.25, -0.2) is 0 Å². The molecule has 1 aromatic carbocycles. The predicted octanol–water partition coefficient (Wildman–Crippen LogP) is 2.05. The van der Waals surface area contributed by atoms with Crippen molar-refractivity contribution in [1.82, 2.24) is 0 Å². The van der Waals surface area contributed by atoms with Crippen molar-refractivity contribution < 1.29 is 14.7 Å². The van der Waals surface area contributed by atoms with E-state index in [-0.39, 0.29) is 5.91 Å². The minimum Gasteiger partial charge on any atom is -0.481 e. The second-order valence-corrected chi connectivity index (χ2v) is 5.64. The zero-order valence-corrected chi connectivity index (χ0v) is 11.4. The molecular weight excluding hydrogens is 256 g/mol. The van der Waals surface area contributed by atoms with Crippen molar-refractivity contribution in [3.05, 3.63) is 29.8 Å². The van der Waals surface area contributed by atoms with Gasteiger partial charge in [0.25, 0.3) is 0 Å². The van der Waals surface area contributed by atoms with Gasteiger partial charge in [-0.1, -0.05) is 26.0 Å². The quantitative estimate of drug-likeness (QED) is 0.877. The maximum Gasteiger partial charge on any atom is 0.307 e. The molecule has 2 atom stereocenters. The molecule has 0 radical (unpaired) electrons. The molecule has 1 aromatic rings. The fourth-order valence-electron chi connectivity index (χ4n) is 2.61. The highest BCUT2D eigenvalue weighted by atomic mass is 16.4. The first kappa shape index (κ1) is 14.1. The largest absolute Gasteiger partial charge is 0.481 e. The first-order valence-corrected chi connectivity index (χ1v) is 6.37. The lowest BCUT2D eigenvalue weighted by atomic mass is 10.1. The van der Waals surface area contributed by atoms with Crippen molar-refractivity contribution in [2.24, 2.45) is 17.3 Å². The van der Waals surface area contributed by atoms with Crippen LogP contribution in [0.2, 0.25) is 0 Å². The molecular formula is C15H16N2O3. The van der Waals surface area contributed by atoms with Crippen LogP contribution in [0.25, 0.3) is 0 Å². The van der Waals surface area contributed by atoms with Crippen LogP contribution in [0.1, 0.15) is 19.4 Å².